The fraction of sp³-hybridized carbons (Fsp3) is 0. The fourth-order valence-electron chi connectivity index (χ4n) is 1.58. The van der Waals surface area contributed by atoms with Crippen LogP contribution in [0.2, 0.25) is 0 Å². The molecule has 0 aliphatic heterocycles. The number of thiol groups is 1. The minimum atomic E-state index is -0.291. The smallest absolute Gasteiger partial charge is 0.256 e. The van der Waals surface area contributed by atoms with Crippen LogP contribution in [0.25, 0.3) is 0 Å². The lowest BCUT2D eigenvalue weighted by Crippen LogP contribution is -2.13. The van der Waals surface area contributed by atoms with Gasteiger partial charge in [-0.3, -0.25) is 4.79 Å². The highest BCUT2D eigenvalue weighted by molar-refractivity contribution is 9.10. The standard InChI is InChI=1S/C14H9BrN2OS/c15-10-5-6-11(13(19)7-10)14(18)17-12-4-2-1-3-9(12)8-16/h1-7,19H,(H,17,18). The summed E-state index contributed by atoms with van der Waals surface area (Å²) in [7, 11) is 0. The van der Waals surface area contributed by atoms with Gasteiger partial charge in [0.1, 0.15) is 6.07 Å². The summed E-state index contributed by atoms with van der Waals surface area (Å²) in [5.41, 5.74) is 1.37. The van der Waals surface area contributed by atoms with Crippen molar-refractivity contribution in [1.29, 1.82) is 5.26 Å². The van der Waals surface area contributed by atoms with Gasteiger partial charge in [0.15, 0.2) is 0 Å². The van der Waals surface area contributed by atoms with E-state index in [-0.39, 0.29) is 5.91 Å². The van der Waals surface area contributed by atoms with E-state index in [0.717, 1.165) is 4.47 Å². The van der Waals surface area contributed by atoms with E-state index in [2.05, 4.69) is 33.9 Å². The second-order valence-electron chi connectivity index (χ2n) is 3.77. The number of anilines is 1. The summed E-state index contributed by atoms with van der Waals surface area (Å²) >= 11 is 7.58. The minimum absolute atomic E-state index is 0.291. The normalized spacial score (nSPS) is 9.74. The summed E-state index contributed by atoms with van der Waals surface area (Å²) in [5, 5.41) is 11.7. The molecule has 5 heteroatoms. The Morgan fingerprint density at radius 3 is 2.68 bits per heavy atom. The van der Waals surface area contributed by atoms with Crippen LogP contribution in [0.4, 0.5) is 5.69 Å². The largest absolute Gasteiger partial charge is 0.321 e. The molecule has 0 heterocycles. The molecule has 0 radical (unpaired) electrons. The average molecular weight is 333 g/mol. The third-order valence-corrected chi connectivity index (χ3v) is 3.36. The maximum atomic E-state index is 12.1. The van der Waals surface area contributed by atoms with Crippen molar-refractivity contribution in [3.05, 3.63) is 58.1 Å². The molecule has 3 nitrogen and oxygen atoms in total. The van der Waals surface area contributed by atoms with Crippen molar-refractivity contribution in [2.45, 2.75) is 4.90 Å². The van der Waals surface area contributed by atoms with Gasteiger partial charge in [0, 0.05) is 9.37 Å². The van der Waals surface area contributed by atoms with E-state index in [0.29, 0.717) is 21.7 Å². The number of carbonyl (C=O) groups excluding carboxylic acids is 1. The number of para-hydroxylation sites is 1. The van der Waals surface area contributed by atoms with Crippen molar-refractivity contribution in [3.8, 4) is 6.07 Å². The zero-order chi connectivity index (χ0) is 13.8. The van der Waals surface area contributed by atoms with E-state index in [1.165, 1.54) is 0 Å². The predicted octanol–water partition coefficient (Wildman–Crippen LogP) is 3.86. The summed E-state index contributed by atoms with van der Waals surface area (Å²) in [6.07, 6.45) is 0. The quantitative estimate of drug-likeness (QED) is 0.820. The molecule has 2 aromatic carbocycles. The van der Waals surface area contributed by atoms with E-state index in [9.17, 15) is 4.79 Å². The third kappa shape index (κ3) is 3.16. The molecule has 0 saturated carbocycles. The van der Waals surface area contributed by atoms with Gasteiger partial charge in [-0.25, -0.2) is 0 Å². The van der Waals surface area contributed by atoms with Crippen LogP contribution in [0.1, 0.15) is 15.9 Å². The number of hydrogen-bond acceptors (Lipinski definition) is 3. The predicted molar refractivity (Wildman–Crippen MR) is 80.5 cm³/mol. The number of hydrogen-bond donors (Lipinski definition) is 2. The molecule has 94 valence electrons. The maximum absolute atomic E-state index is 12.1. The summed E-state index contributed by atoms with van der Waals surface area (Å²) in [6.45, 7) is 0. The topological polar surface area (TPSA) is 52.9 Å². The zero-order valence-electron chi connectivity index (χ0n) is 9.72. The van der Waals surface area contributed by atoms with Crippen molar-refractivity contribution in [2.75, 3.05) is 5.32 Å². The van der Waals surface area contributed by atoms with E-state index >= 15 is 0 Å². The summed E-state index contributed by atoms with van der Waals surface area (Å²) in [4.78, 5) is 12.7. The molecule has 0 aliphatic carbocycles. The molecule has 0 fully saturated rings. The Morgan fingerprint density at radius 1 is 1.26 bits per heavy atom. The van der Waals surface area contributed by atoms with Gasteiger partial charge in [-0.15, -0.1) is 12.6 Å². The number of nitriles is 1. The summed E-state index contributed by atoms with van der Waals surface area (Å²) < 4.78 is 0.853. The van der Waals surface area contributed by atoms with Crippen LogP contribution in [0.5, 0.6) is 0 Å². The highest BCUT2D eigenvalue weighted by atomic mass is 79.9. The number of nitrogens with zero attached hydrogens (tertiary/aromatic N) is 1. The lowest BCUT2D eigenvalue weighted by molar-refractivity contribution is 0.102. The highest BCUT2D eigenvalue weighted by Crippen LogP contribution is 2.22. The fourth-order valence-corrected chi connectivity index (χ4v) is 2.43. The van der Waals surface area contributed by atoms with Crippen LogP contribution in [0.15, 0.2) is 51.8 Å². The SMILES string of the molecule is N#Cc1ccccc1NC(=O)c1ccc(Br)cc1S. The Hall–Kier alpha value is -1.77. The van der Waals surface area contributed by atoms with Gasteiger partial charge in [0.2, 0.25) is 0 Å². The molecule has 0 aromatic heterocycles. The monoisotopic (exact) mass is 332 g/mol. The Kier molecular flexibility index (Phi) is 4.25. The van der Waals surface area contributed by atoms with Gasteiger partial charge < -0.3 is 5.32 Å². The summed E-state index contributed by atoms with van der Waals surface area (Å²) in [6, 6.07) is 14.1. The molecule has 0 aliphatic rings. The van der Waals surface area contributed by atoms with Gasteiger partial charge in [-0.05, 0) is 30.3 Å². The van der Waals surface area contributed by atoms with Gasteiger partial charge in [0.05, 0.1) is 16.8 Å². The molecule has 0 saturated heterocycles. The molecule has 0 spiro atoms. The summed E-state index contributed by atoms with van der Waals surface area (Å²) in [5.74, 6) is -0.291. The first kappa shape index (κ1) is 13.7. The van der Waals surface area contributed by atoms with Crippen molar-refractivity contribution >= 4 is 40.2 Å². The zero-order valence-corrected chi connectivity index (χ0v) is 12.2. The highest BCUT2D eigenvalue weighted by Gasteiger charge is 2.11. The number of amides is 1. The van der Waals surface area contributed by atoms with Crippen molar-refractivity contribution < 1.29 is 4.79 Å². The first-order chi connectivity index (χ1) is 9.11. The molecule has 0 atom stereocenters. The molecular weight excluding hydrogens is 324 g/mol. The molecular formula is C14H9BrN2OS. The van der Waals surface area contributed by atoms with Crippen molar-refractivity contribution in [1.82, 2.24) is 0 Å². The van der Waals surface area contributed by atoms with E-state index in [1.807, 2.05) is 6.07 Å². The Balaban J connectivity index is 2.29. The Morgan fingerprint density at radius 2 is 2.00 bits per heavy atom. The number of halogens is 1. The molecule has 2 rings (SSSR count). The van der Waals surface area contributed by atoms with Gasteiger partial charge in [-0.2, -0.15) is 5.26 Å². The van der Waals surface area contributed by atoms with E-state index < -0.39 is 0 Å². The van der Waals surface area contributed by atoms with Crippen LogP contribution < -0.4 is 5.32 Å². The van der Waals surface area contributed by atoms with Gasteiger partial charge in [0.25, 0.3) is 5.91 Å². The van der Waals surface area contributed by atoms with Gasteiger partial charge >= 0.3 is 0 Å². The van der Waals surface area contributed by atoms with Crippen LogP contribution in [-0.2, 0) is 0 Å². The molecule has 0 bridgehead atoms. The minimum Gasteiger partial charge on any atom is -0.321 e. The number of carbonyl (C=O) groups is 1. The van der Waals surface area contributed by atoms with Crippen LogP contribution in [-0.4, -0.2) is 5.91 Å². The first-order valence-corrected chi connectivity index (χ1v) is 6.65. The molecule has 19 heavy (non-hydrogen) atoms. The number of nitrogens with one attached hydrogen (secondary N) is 1. The maximum Gasteiger partial charge on any atom is 0.256 e. The first-order valence-electron chi connectivity index (χ1n) is 5.41. The van der Waals surface area contributed by atoms with Gasteiger partial charge in [-0.1, -0.05) is 28.1 Å². The lowest BCUT2D eigenvalue weighted by Gasteiger charge is -2.08. The number of benzene rings is 2. The number of rotatable bonds is 2. The Labute approximate surface area is 124 Å². The van der Waals surface area contributed by atoms with E-state index in [1.54, 1.807) is 42.5 Å². The second kappa shape index (κ2) is 5.91. The third-order valence-electron chi connectivity index (χ3n) is 2.50. The lowest BCUT2D eigenvalue weighted by atomic mass is 10.1. The van der Waals surface area contributed by atoms with Crippen molar-refractivity contribution in [2.24, 2.45) is 0 Å². The Bertz CT molecular complexity index is 679. The molecule has 1 amide bonds. The van der Waals surface area contributed by atoms with E-state index in [4.69, 9.17) is 5.26 Å². The molecule has 2 aromatic rings. The van der Waals surface area contributed by atoms with Crippen LogP contribution in [0.3, 0.4) is 0 Å². The second-order valence-corrected chi connectivity index (χ2v) is 5.17. The van der Waals surface area contributed by atoms with Crippen LogP contribution >= 0.6 is 28.6 Å². The molecule has 1 N–H and O–H groups in total. The average Bonchev–Trinajstić information content (AvgIpc) is 2.39. The van der Waals surface area contributed by atoms with Crippen molar-refractivity contribution in [3.63, 3.8) is 0 Å². The van der Waals surface area contributed by atoms with Crippen LogP contribution in [0, 0.1) is 11.3 Å². The molecule has 0 unspecified atom stereocenters.